The van der Waals surface area contributed by atoms with Crippen molar-refractivity contribution in [3.05, 3.63) is 71.8 Å². The molecule has 2 aromatic rings. The number of nitrogens with one attached hydrogen (secondary N) is 1. The monoisotopic (exact) mass is 285 g/mol. The standard InChI is InChI=1S/C17H19NO3/c19-16(12-11-14-7-3-1-4-8-14)18-17(20)21-13-15-9-5-2-6-10-15/h1-10,16,19H,11-13H2,(H,18,20). The van der Waals surface area contributed by atoms with Crippen LogP contribution in [0.3, 0.4) is 0 Å². The van der Waals surface area contributed by atoms with E-state index < -0.39 is 12.3 Å². The van der Waals surface area contributed by atoms with Gasteiger partial charge in [-0.25, -0.2) is 4.79 Å². The quantitative estimate of drug-likeness (QED) is 0.802. The molecule has 1 amide bonds. The minimum atomic E-state index is -0.909. The fourth-order valence-electron chi connectivity index (χ4n) is 1.92. The van der Waals surface area contributed by atoms with Crippen molar-refractivity contribution in [3.8, 4) is 0 Å². The van der Waals surface area contributed by atoms with Gasteiger partial charge < -0.3 is 9.84 Å². The maximum Gasteiger partial charge on any atom is 0.409 e. The smallest absolute Gasteiger partial charge is 0.409 e. The van der Waals surface area contributed by atoms with Crippen LogP contribution in [0.2, 0.25) is 0 Å². The highest BCUT2D eigenvalue weighted by molar-refractivity contribution is 5.67. The van der Waals surface area contributed by atoms with Crippen LogP contribution in [0, 0.1) is 0 Å². The number of rotatable bonds is 6. The molecule has 0 aromatic heterocycles. The summed E-state index contributed by atoms with van der Waals surface area (Å²) in [6.07, 6.45) is -0.376. The minimum Gasteiger partial charge on any atom is -0.445 e. The number of benzene rings is 2. The molecule has 0 aliphatic heterocycles. The number of amides is 1. The first-order valence-corrected chi connectivity index (χ1v) is 6.93. The van der Waals surface area contributed by atoms with E-state index in [2.05, 4.69) is 5.32 Å². The SMILES string of the molecule is O=C(NC(O)CCc1ccccc1)OCc1ccccc1. The van der Waals surface area contributed by atoms with Gasteiger partial charge in [0.2, 0.25) is 0 Å². The van der Waals surface area contributed by atoms with Crippen LogP contribution >= 0.6 is 0 Å². The highest BCUT2D eigenvalue weighted by atomic mass is 16.6. The van der Waals surface area contributed by atoms with Crippen LogP contribution < -0.4 is 5.32 Å². The van der Waals surface area contributed by atoms with Gasteiger partial charge in [0.05, 0.1) is 0 Å². The molecule has 1 atom stereocenters. The van der Waals surface area contributed by atoms with Gasteiger partial charge in [-0.15, -0.1) is 0 Å². The van der Waals surface area contributed by atoms with Gasteiger partial charge in [-0.1, -0.05) is 60.7 Å². The topological polar surface area (TPSA) is 58.6 Å². The highest BCUT2D eigenvalue weighted by Crippen LogP contribution is 2.04. The van der Waals surface area contributed by atoms with E-state index in [4.69, 9.17) is 4.74 Å². The van der Waals surface area contributed by atoms with Gasteiger partial charge in [0, 0.05) is 0 Å². The summed E-state index contributed by atoms with van der Waals surface area (Å²) < 4.78 is 5.04. The van der Waals surface area contributed by atoms with Gasteiger partial charge in [0.1, 0.15) is 12.8 Å². The summed E-state index contributed by atoms with van der Waals surface area (Å²) in [5.41, 5.74) is 2.03. The Morgan fingerprint density at radius 3 is 2.19 bits per heavy atom. The van der Waals surface area contributed by atoms with Crippen LogP contribution in [-0.2, 0) is 17.8 Å². The van der Waals surface area contributed by atoms with Crippen molar-refractivity contribution in [1.82, 2.24) is 5.32 Å². The van der Waals surface area contributed by atoms with E-state index in [0.717, 1.165) is 11.1 Å². The van der Waals surface area contributed by atoms with Crippen molar-refractivity contribution in [2.75, 3.05) is 0 Å². The Morgan fingerprint density at radius 1 is 1.00 bits per heavy atom. The molecule has 4 heteroatoms. The van der Waals surface area contributed by atoms with Crippen molar-refractivity contribution in [1.29, 1.82) is 0 Å². The highest BCUT2D eigenvalue weighted by Gasteiger charge is 2.09. The van der Waals surface area contributed by atoms with E-state index in [0.29, 0.717) is 12.8 Å². The molecule has 0 saturated carbocycles. The summed E-state index contributed by atoms with van der Waals surface area (Å²) in [6, 6.07) is 19.2. The van der Waals surface area contributed by atoms with Crippen LogP contribution in [0.25, 0.3) is 0 Å². The van der Waals surface area contributed by atoms with E-state index in [1.807, 2.05) is 60.7 Å². The summed E-state index contributed by atoms with van der Waals surface area (Å²) in [5, 5.41) is 12.2. The third-order valence-electron chi connectivity index (χ3n) is 3.05. The molecule has 1 unspecified atom stereocenters. The first-order valence-electron chi connectivity index (χ1n) is 6.93. The number of alkyl carbamates (subject to hydrolysis) is 1. The van der Waals surface area contributed by atoms with Crippen molar-refractivity contribution in [2.24, 2.45) is 0 Å². The van der Waals surface area contributed by atoms with Gasteiger partial charge in [0.25, 0.3) is 0 Å². The lowest BCUT2D eigenvalue weighted by molar-refractivity contribution is 0.0906. The maximum atomic E-state index is 11.5. The molecule has 0 aliphatic carbocycles. The van der Waals surface area contributed by atoms with Crippen LogP contribution in [-0.4, -0.2) is 17.4 Å². The van der Waals surface area contributed by atoms with Gasteiger partial charge in [-0.3, -0.25) is 5.32 Å². The summed E-state index contributed by atoms with van der Waals surface area (Å²) in [6.45, 7) is 0.193. The molecule has 2 aromatic carbocycles. The average Bonchev–Trinajstić information content (AvgIpc) is 2.53. The molecule has 4 nitrogen and oxygen atoms in total. The lowest BCUT2D eigenvalue weighted by Gasteiger charge is -2.13. The second-order valence-electron chi connectivity index (χ2n) is 4.75. The Bertz CT molecular complexity index is 542. The summed E-state index contributed by atoms with van der Waals surface area (Å²) in [5.74, 6) is 0. The normalized spacial score (nSPS) is 11.7. The molecule has 0 radical (unpaired) electrons. The van der Waals surface area contributed by atoms with E-state index in [1.165, 1.54) is 0 Å². The number of ether oxygens (including phenoxy) is 1. The van der Waals surface area contributed by atoms with Crippen LogP contribution in [0.1, 0.15) is 17.5 Å². The second-order valence-corrected chi connectivity index (χ2v) is 4.75. The molecule has 0 bridgehead atoms. The van der Waals surface area contributed by atoms with Gasteiger partial charge >= 0.3 is 6.09 Å². The van der Waals surface area contributed by atoms with Crippen LogP contribution in [0.5, 0.6) is 0 Å². The van der Waals surface area contributed by atoms with Crippen LogP contribution in [0.15, 0.2) is 60.7 Å². The molecule has 110 valence electrons. The zero-order chi connectivity index (χ0) is 14.9. The maximum absolute atomic E-state index is 11.5. The number of aliphatic hydroxyl groups is 1. The number of aliphatic hydroxyl groups excluding tert-OH is 1. The van der Waals surface area contributed by atoms with Crippen molar-refractivity contribution in [3.63, 3.8) is 0 Å². The molecular weight excluding hydrogens is 266 g/mol. The zero-order valence-corrected chi connectivity index (χ0v) is 11.7. The molecular formula is C17H19NO3. The number of carbonyl (C=O) groups excluding carboxylic acids is 1. The molecule has 0 heterocycles. The first kappa shape index (κ1) is 15.1. The molecule has 2 rings (SSSR count). The summed E-state index contributed by atoms with van der Waals surface area (Å²) >= 11 is 0. The van der Waals surface area contributed by atoms with Crippen molar-refractivity contribution >= 4 is 6.09 Å². The Morgan fingerprint density at radius 2 is 1.57 bits per heavy atom. The minimum absolute atomic E-state index is 0.193. The Kier molecular flexibility index (Phi) is 5.79. The average molecular weight is 285 g/mol. The third-order valence-corrected chi connectivity index (χ3v) is 3.05. The summed E-state index contributed by atoms with van der Waals surface area (Å²) in [7, 11) is 0. The Labute approximate surface area is 124 Å². The molecule has 0 spiro atoms. The Balaban J connectivity index is 1.67. The van der Waals surface area contributed by atoms with Crippen molar-refractivity contribution < 1.29 is 14.6 Å². The fourth-order valence-corrected chi connectivity index (χ4v) is 1.92. The largest absolute Gasteiger partial charge is 0.445 e. The number of aryl methyl sites for hydroxylation is 1. The zero-order valence-electron chi connectivity index (χ0n) is 11.7. The second kappa shape index (κ2) is 8.07. The van der Waals surface area contributed by atoms with E-state index in [-0.39, 0.29) is 6.61 Å². The number of carbonyl (C=O) groups is 1. The lowest BCUT2D eigenvalue weighted by atomic mass is 10.1. The third kappa shape index (κ3) is 5.67. The molecule has 0 aliphatic rings. The van der Waals surface area contributed by atoms with Gasteiger partial charge in [-0.05, 0) is 24.0 Å². The van der Waals surface area contributed by atoms with E-state index in [9.17, 15) is 9.90 Å². The number of hydrogen-bond acceptors (Lipinski definition) is 3. The van der Waals surface area contributed by atoms with Crippen molar-refractivity contribution in [2.45, 2.75) is 25.7 Å². The van der Waals surface area contributed by atoms with Gasteiger partial charge in [-0.2, -0.15) is 0 Å². The molecule has 0 saturated heterocycles. The fraction of sp³-hybridized carbons (Fsp3) is 0.235. The van der Waals surface area contributed by atoms with E-state index in [1.54, 1.807) is 0 Å². The molecule has 2 N–H and O–H groups in total. The predicted molar refractivity (Wildman–Crippen MR) is 80.5 cm³/mol. The predicted octanol–water partition coefficient (Wildman–Crippen LogP) is 2.86. The molecule has 21 heavy (non-hydrogen) atoms. The van der Waals surface area contributed by atoms with E-state index >= 15 is 0 Å². The Hall–Kier alpha value is -2.33. The lowest BCUT2D eigenvalue weighted by Crippen LogP contribution is -2.35. The van der Waals surface area contributed by atoms with Gasteiger partial charge in [0.15, 0.2) is 0 Å². The first-order chi connectivity index (χ1) is 10.2. The van der Waals surface area contributed by atoms with Crippen LogP contribution in [0.4, 0.5) is 4.79 Å². The number of hydrogen-bond donors (Lipinski definition) is 2. The molecule has 0 fully saturated rings. The summed E-state index contributed by atoms with van der Waals surface area (Å²) in [4.78, 5) is 11.5.